The third-order valence-corrected chi connectivity index (χ3v) is 7.44. The van der Waals surface area contributed by atoms with Crippen LogP contribution in [0.5, 0.6) is 11.5 Å². The number of benzene rings is 1. The number of carbonyl (C=O) groups is 3. The van der Waals surface area contributed by atoms with Crippen molar-refractivity contribution in [2.45, 2.75) is 84.8 Å². The number of pyridine rings is 1. The van der Waals surface area contributed by atoms with E-state index in [1.54, 1.807) is 0 Å². The van der Waals surface area contributed by atoms with Crippen molar-refractivity contribution in [2.24, 2.45) is 17.8 Å². The van der Waals surface area contributed by atoms with Crippen LogP contribution in [-0.2, 0) is 20.7 Å². The molecule has 1 N–H and O–H groups in total. The van der Waals surface area contributed by atoms with Crippen LogP contribution < -0.4 is 14.8 Å². The van der Waals surface area contributed by atoms with Gasteiger partial charge in [0.25, 0.3) is 5.91 Å². The van der Waals surface area contributed by atoms with Gasteiger partial charge in [0.1, 0.15) is 12.1 Å². The van der Waals surface area contributed by atoms with Crippen molar-refractivity contribution >= 4 is 17.8 Å². The van der Waals surface area contributed by atoms with Gasteiger partial charge in [-0.2, -0.15) is 0 Å². The summed E-state index contributed by atoms with van der Waals surface area (Å²) in [5.41, 5.74) is 1.15. The van der Waals surface area contributed by atoms with E-state index in [-0.39, 0.29) is 29.2 Å². The second kappa shape index (κ2) is 14.7. The maximum atomic E-state index is 13.3. The Morgan fingerprint density at radius 3 is 2.54 bits per heavy atom. The fourth-order valence-electron chi connectivity index (χ4n) is 5.36. The highest BCUT2D eigenvalue weighted by Crippen LogP contribution is 2.35. The molecule has 1 aliphatic heterocycles. The molecule has 4 atom stereocenters. The standard InChI is InChI=1S/C31H42N2O6/c1-20(2)14-16-24-12-9-13-26(31(36)38-21(3)25(24)17-15-23-10-7-6-8-11-23)33-30(35)28-29(39-22(4)34)27(37-5)18-19-32-28/h6-8,10-11,18-21,24-26H,9,12-17H2,1-5H3,(H,33,35)/t21-,24+,25-,26-/m0/s1. The predicted octanol–water partition coefficient (Wildman–Crippen LogP) is 5.53. The second-order valence-electron chi connectivity index (χ2n) is 10.8. The predicted molar refractivity (Wildman–Crippen MR) is 149 cm³/mol. The lowest BCUT2D eigenvalue weighted by Crippen LogP contribution is -2.43. The van der Waals surface area contributed by atoms with Crippen LogP contribution in [-0.4, -0.2) is 42.1 Å². The Hall–Kier alpha value is -3.42. The van der Waals surface area contributed by atoms with Crippen LogP contribution in [0.2, 0.25) is 0 Å². The number of nitrogens with one attached hydrogen (secondary N) is 1. The topological polar surface area (TPSA) is 104 Å². The first-order valence-electron chi connectivity index (χ1n) is 14.0. The summed E-state index contributed by atoms with van der Waals surface area (Å²) in [5, 5.41) is 2.78. The Morgan fingerprint density at radius 2 is 1.87 bits per heavy atom. The molecular formula is C31H42N2O6. The van der Waals surface area contributed by atoms with E-state index in [1.165, 1.54) is 31.9 Å². The zero-order valence-corrected chi connectivity index (χ0v) is 23.8. The largest absolute Gasteiger partial charge is 0.493 e. The van der Waals surface area contributed by atoms with Gasteiger partial charge in [-0.25, -0.2) is 9.78 Å². The summed E-state index contributed by atoms with van der Waals surface area (Å²) < 4.78 is 16.5. The first kappa shape index (κ1) is 30.1. The highest BCUT2D eigenvalue weighted by atomic mass is 16.6. The normalized spacial score (nSPS) is 21.7. The van der Waals surface area contributed by atoms with Gasteiger partial charge in [-0.3, -0.25) is 9.59 Å². The zero-order chi connectivity index (χ0) is 28.4. The summed E-state index contributed by atoms with van der Waals surface area (Å²) in [6, 6.07) is 11.1. The van der Waals surface area contributed by atoms with E-state index in [4.69, 9.17) is 14.2 Å². The van der Waals surface area contributed by atoms with Crippen molar-refractivity contribution in [1.29, 1.82) is 0 Å². The summed E-state index contributed by atoms with van der Waals surface area (Å²) in [4.78, 5) is 42.3. The maximum Gasteiger partial charge on any atom is 0.328 e. The fourth-order valence-corrected chi connectivity index (χ4v) is 5.36. The van der Waals surface area contributed by atoms with Gasteiger partial charge in [0.15, 0.2) is 11.4 Å². The van der Waals surface area contributed by atoms with Crippen LogP contribution in [0.3, 0.4) is 0 Å². The molecule has 0 unspecified atom stereocenters. The number of ether oxygens (including phenoxy) is 3. The molecule has 0 aliphatic carbocycles. The molecule has 212 valence electrons. The minimum absolute atomic E-state index is 0.0791. The van der Waals surface area contributed by atoms with E-state index in [0.717, 1.165) is 38.5 Å². The molecule has 0 saturated carbocycles. The SMILES string of the molecule is COc1ccnc(C(=O)N[C@H]2CCC[C@H](CCC(C)C)[C@@H](CCc3ccccc3)[C@H](C)OC2=O)c1OC(C)=O. The Bertz CT molecular complexity index is 1100. The molecule has 1 fully saturated rings. The molecular weight excluding hydrogens is 496 g/mol. The first-order chi connectivity index (χ1) is 18.7. The zero-order valence-electron chi connectivity index (χ0n) is 23.8. The third-order valence-electron chi connectivity index (χ3n) is 7.44. The molecule has 2 aromatic rings. The van der Waals surface area contributed by atoms with E-state index < -0.39 is 23.9 Å². The quantitative estimate of drug-likeness (QED) is 0.397. The number of hydrogen-bond donors (Lipinski definition) is 1. The summed E-state index contributed by atoms with van der Waals surface area (Å²) in [6.07, 6.45) is 7.33. The number of methoxy groups -OCH3 is 1. The monoisotopic (exact) mass is 538 g/mol. The number of esters is 2. The van der Waals surface area contributed by atoms with Crippen LogP contribution in [0.15, 0.2) is 42.6 Å². The van der Waals surface area contributed by atoms with Gasteiger partial charge in [0.2, 0.25) is 5.75 Å². The minimum atomic E-state index is -0.836. The van der Waals surface area contributed by atoms with E-state index in [0.29, 0.717) is 18.3 Å². The number of rotatable bonds is 10. The van der Waals surface area contributed by atoms with E-state index >= 15 is 0 Å². The van der Waals surface area contributed by atoms with Gasteiger partial charge >= 0.3 is 11.9 Å². The lowest BCUT2D eigenvalue weighted by atomic mass is 9.77. The van der Waals surface area contributed by atoms with Crippen LogP contribution in [0.1, 0.15) is 82.3 Å². The highest BCUT2D eigenvalue weighted by molar-refractivity contribution is 5.98. The number of cyclic esters (lactones) is 1. The molecule has 1 aliphatic rings. The van der Waals surface area contributed by atoms with Crippen molar-refractivity contribution in [1.82, 2.24) is 10.3 Å². The van der Waals surface area contributed by atoms with Gasteiger partial charge in [0, 0.05) is 19.2 Å². The van der Waals surface area contributed by atoms with Crippen molar-refractivity contribution in [3.63, 3.8) is 0 Å². The van der Waals surface area contributed by atoms with Gasteiger partial charge < -0.3 is 19.5 Å². The molecule has 39 heavy (non-hydrogen) atoms. The van der Waals surface area contributed by atoms with Crippen LogP contribution in [0, 0.1) is 17.8 Å². The maximum absolute atomic E-state index is 13.3. The smallest absolute Gasteiger partial charge is 0.328 e. The Kier molecular flexibility index (Phi) is 11.3. The molecule has 0 radical (unpaired) electrons. The summed E-state index contributed by atoms with van der Waals surface area (Å²) in [7, 11) is 1.41. The lowest BCUT2D eigenvalue weighted by molar-refractivity contribution is -0.154. The highest BCUT2D eigenvalue weighted by Gasteiger charge is 2.34. The van der Waals surface area contributed by atoms with E-state index in [1.807, 2.05) is 13.0 Å². The number of amides is 1. The first-order valence-corrected chi connectivity index (χ1v) is 14.0. The molecule has 1 saturated heterocycles. The molecule has 0 bridgehead atoms. The van der Waals surface area contributed by atoms with E-state index in [9.17, 15) is 14.4 Å². The lowest BCUT2D eigenvalue weighted by Gasteiger charge is -2.32. The van der Waals surface area contributed by atoms with Crippen molar-refractivity contribution < 1.29 is 28.6 Å². The van der Waals surface area contributed by atoms with Gasteiger partial charge in [-0.15, -0.1) is 0 Å². The number of hydrogen-bond acceptors (Lipinski definition) is 7. The molecule has 8 nitrogen and oxygen atoms in total. The molecule has 8 heteroatoms. The van der Waals surface area contributed by atoms with Crippen LogP contribution >= 0.6 is 0 Å². The Morgan fingerprint density at radius 1 is 1.13 bits per heavy atom. The van der Waals surface area contributed by atoms with Crippen LogP contribution in [0.4, 0.5) is 0 Å². The van der Waals surface area contributed by atoms with Gasteiger partial charge in [-0.05, 0) is 62.3 Å². The van der Waals surface area contributed by atoms with Crippen molar-refractivity contribution in [2.75, 3.05) is 7.11 Å². The molecule has 1 amide bonds. The molecule has 3 rings (SSSR count). The minimum Gasteiger partial charge on any atom is -0.493 e. The number of aryl methyl sites for hydroxylation is 1. The molecule has 2 heterocycles. The summed E-state index contributed by atoms with van der Waals surface area (Å²) in [5.74, 6) is -0.339. The average molecular weight is 539 g/mol. The van der Waals surface area contributed by atoms with Crippen molar-refractivity contribution in [3.8, 4) is 11.5 Å². The third kappa shape index (κ3) is 8.80. The molecule has 0 spiro atoms. The second-order valence-corrected chi connectivity index (χ2v) is 10.8. The number of carbonyl (C=O) groups excluding carboxylic acids is 3. The fraction of sp³-hybridized carbons (Fsp3) is 0.548. The van der Waals surface area contributed by atoms with Crippen LogP contribution in [0.25, 0.3) is 0 Å². The Balaban J connectivity index is 1.78. The summed E-state index contributed by atoms with van der Waals surface area (Å²) >= 11 is 0. The molecule has 1 aromatic carbocycles. The average Bonchev–Trinajstić information content (AvgIpc) is 2.95. The Labute approximate surface area is 231 Å². The summed E-state index contributed by atoms with van der Waals surface area (Å²) in [6.45, 7) is 7.68. The van der Waals surface area contributed by atoms with Crippen molar-refractivity contribution in [3.05, 3.63) is 53.9 Å². The van der Waals surface area contributed by atoms with Gasteiger partial charge in [-0.1, -0.05) is 57.0 Å². The number of nitrogens with zero attached hydrogens (tertiary/aromatic N) is 1. The number of aromatic nitrogens is 1. The molecule has 1 aromatic heterocycles. The van der Waals surface area contributed by atoms with Gasteiger partial charge in [0.05, 0.1) is 7.11 Å². The van der Waals surface area contributed by atoms with E-state index in [2.05, 4.69) is 48.4 Å².